The van der Waals surface area contributed by atoms with Gasteiger partial charge in [-0.15, -0.1) is 0 Å². The molecule has 28 heavy (non-hydrogen) atoms. The van der Waals surface area contributed by atoms with Gasteiger partial charge in [0.1, 0.15) is 17.6 Å². The zero-order valence-corrected chi connectivity index (χ0v) is 16.5. The van der Waals surface area contributed by atoms with Crippen molar-refractivity contribution < 1.29 is 18.7 Å². The molecule has 1 atom stereocenters. The maximum Gasteiger partial charge on any atom is 0.255 e. The molecule has 0 aliphatic heterocycles. The Kier molecular flexibility index (Phi) is 7.99. The SMILES string of the molecule is CCOc1ccccc1C(=O)N[C@@H](C(=O)NCCc1ccc(F)cc1)C(C)C. The maximum atomic E-state index is 13.0. The van der Waals surface area contributed by atoms with Crippen LogP contribution in [0.25, 0.3) is 0 Å². The molecule has 2 N–H and O–H groups in total. The Labute approximate surface area is 165 Å². The lowest BCUT2D eigenvalue weighted by atomic mass is 10.0. The summed E-state index contributed by atoms with van der Waals surface area (Å²) < 4.78 is 18.4. The summed E-state index contributed by atoms with van der Waals surface area (Å²) in [6, 6.07) is 12.4. The summed E-state index contributed by atoms with van der Waals surface area (Å²) in [6.07, 6.45) is 0.581. The van der Waals surface area contributed by atoms with Gasteiger partial charge in [-0.2, -0.15) is 0 Å². The molecule has 2 aromatic carbocycles. The quantitative estimate of drug-likeness (QED) is 0.695. The highest BCUT2D eigenvalue weighted by Crippen LogP contribution is 2.18. The third kappa shape index (κ3) is 6.08. The van der Waals surface area contributed by atoms with Gasteiger partial charge in [-0.25, -0.2) is 4.39 Å². The van der Waals surface area contributed by atoms with Gasteiger partial charge in [0, 0.05) is 6.54 Å². The molecular formula is C22H27FN2O3. The van der Waals surface area contributed by atoms with Gasteiger partial charge >= 0.3 is 0 Å². The maximum absolute atomic E-state index is 13.0. The van der Waals surface area contributed by atoms with Crippen LogP contribution in [0.1, 0.15) is 36.7 Å². The van der Waals surface area contributed by atoms with Crippen molar-refractivity contribution in [1.82, 2.24) is 10.6 Å². The number of carbonyl (C=O) groups is 2. The lowest BCUT2D eigenvalue weighted by Crippen LogP contribution is -2.50. The Balaban J connectivity index is 1.97. The van der Waals surface area contributed by atoms with Crippen LogP contribution < -0.4 is 15.4 Å². The third-order valence-electron chi connectivity index (χ3n) is 4.29. The van der Waals surface area contributed by atoms with Gasteiger partial charge in [0.15, 0.2) is 0 Å². The van der Waals surface area contributed by atoms with E-state index in [9.17, 15) is 14.0 Å². The second-order valence-electron chi connectivity index (χ2n) is 6.79. The van der Waals surface area contributed by atoms with Crippen LogP contribution in [0.4, 0.5) is 4.39 Å². The highest BCUT2D eigenvalue weighted by molar-refractivity contribution is 5.99. The normalized spacial score (nSPS) is 11.8. The van der Waals surface area contributed by atoms with Gasteiger partial charge in [0.2, 0.25) is 5.91 Å². The minimum Gasteiger partial charge on any atom is -0.493 e. The van der Waals surface area contributed by atoms with Crippen molar-refractivity contribution >= 4 is 11.8 Å². The summed E-state index contributed by atoms with van der Waals surface area (Å²) >= 11 is 0. The summed E-state index contributed by atoms with van der Waals surface area (Å²) in [5.74, 6) is -0.491. The van der Waals surface area contributed by atoms with Crippen LogP contribution in [0.3, 0.4) is 0 Å². The molecule has 0 aliphatic rings. The fourth-order valence-corrected chi connectivity index (χ4v) is 2.78. The molecule has 0 heterocycles. The van der Waals surface area contributed by atoms with Crippen molar-refractivity contribution in [2.24, 2.45) is 5.92 Å². The van der Waals surface area contributed by atoms with Gasteiger partial charge in [0.05, 0.1) is 12.2 Å². The molecule has 0 unspecified atom stereocenters. The molecule has 2 amide bonds. The first-order chi connectivity index (χ1) is 13.4. The van der Waals surface area contributed by atoms with Crippen molar-refractivity contribution in [2.75, 3.05) is 13.2 Å². The minimum atomic E-state index is -0.671. The second-order valence-corrected chi connectivity index (χ2v) is 6.79. The molecular weight excluding hydrogens is 359 g/mol. The number of halogens is 1. The first-order valence-electron chi connectivity index (χ1n) is 9.47. The molecule has 150 valence electrons. The molecule has 0 bridgehead atoms. The van der Waals surface area contributed by atoms with E-state index in [-0.39, 0.29) is 23.5 Å². The fraction of sp³-hybridized carbons (Fsp3) is 0.364. The van der Waals surface area contributed by atoms with Crippen molar-refractivity contribution in [1.29, 1.82) is 0 Å². The van der Waals surface area contributed by atoms with E-state index < -0.39 is 6.04 Å². The number of ether oxygens (including phenoxy) is 1. The monoisotopic (exact) mass is 386 g/mol. The molecule has 6 heteroatoms. The Bertz CT molecular complexity index is 791. The Morgan fingerprint density at radius 2 is 1.75 bits per heavy atom. The van der Waals surface area contributed by atoms with Crippen LogP contribution in [0.2, 0.25) is 0 Å². The highest BCUT2D eigenvalue weighted by atomic mass is 19.1. The van der Waals surface area contributed by atoms with Gasteiger partial charge in [-0.3, -0.25) is 9.59 Å². The van der Waals surface area contributed by atoms with Crippen LogP contribution in [-0.2, 0) is 11.2 Å². The Morgan fingerprint density at radius 1 is 1.07 bits per heavy atom. The standard InChI is InChI=1S/C22H27FN2O3/c1-4-28-19-8-6-5-7-18(19)21(26)25-20(15(2)3)22(27)24-14-13-16-9-11-17(23)12-10-16/h5-12,15,20H,4,13-14H2,1-3H3,(H,24,27)(H,25,26)/t20-/m1/s1. The first-order valence-corrected chi connectivity index (χ1v) is 9.47. The number of hydrogen-bond acceptors (Lipinski definition) is 3. The Hall–Kier alpha value is -2.89. The largest absolute Gasteiger partial charge is 0.493 e. The van der Waals surface area contributed by atoms with Gasteiger partial charge in [-0.1, -0.05) is 38.1 Å². The van der Waals surface area contributed by atoms with Gasteiger partial charge in [-0.05, 0) is 49.1 Å². The van der Waals surface area contributed by atoms with Crippen molar-refractivity contribution in [3.8, 4) is 5.75 Å². The molecule has 0 aromatic heterocycles. The Morgan fingerprint density at radius 3 is 2.39 bits per heavy atom. The molecule has 2 rings (SSSR count). The lowest BCUT2D eigenvalue weighted by Gasteiger charge is -2.22. The number of benzene rings is 2. The van der Waals surface area contributed by atoms with E-state index in [0.29, 0.717) is 30.9 Å². The van der Waals surface area contributed by atoms with E-state index in [0.717, 1.165) is 5.56 Å². The van der Waals surface area contributed by atoms with Crippen LogP contribution in [-0.4, -0.2) is 31.0 Å². The molecule has 5 nitrogen and oxygen atoms in total. The van der Waals surface area contributed by atoms with Crippen molar-refractivity contribution in [3.63, 3.8) is 0 Å². The van der Waals surface area contributed by atoms with Crippen LogP contribution >= 0.6 is 0 Å². The fourth-order valence-electron chi connectivity index (χ4n) is 2.78. The minimum absolute atomic E-state index is 0.0889. The van der Waals surface area contributed by atoms with Gasteiger partial charge < -0.3 is 15.4 Å². The molecule has 0 aliphatic carbocycles. The van der Waals surface area contributed by atoms with Crippen LogP contribution in [0.15, 0.2) is 48.5 Å². The molecule has 0 saturated carbocycles. The first kappa shape index (κ1) is 21.4. The molecule has 0 radical (unpaired) electrons. The zero-order chi connectivity index (χ0) is 20.5. The van der Waals surface area contributed by atoms with E-state index in [1.165, 1.54) is 12.1 Å². The predicted octanol–water partition coefficient (Wildman–Crippen LogP) is 3.34. The third-order valence-corrected chi connectivity index (χ3v) is 4.29. The number of nitrogens with one attached hydrogen (secondary N) is 2. The van der Waals surface area contributed by atoms with Crippen molar-refractivity contribution in [2.45, 2.75) is 33.2 Å². The van der Waals surface area contributed by atoms with Crippen molar-refractivity contribution in [3.05, 3.63) is 65.5 Å². The smallest absolute Gasteiger partial charge is 0.255 e. The van der Waals surface area contributed by atoms with E-state index in [1.807, 2.05) is 20.8 Å². The van der Waals surface area contributed by atoms with E-state index >= 15 is 0 Å². The van der Waals surface area contributed by atoms with Crippen LogP contribution in [0, 0.1) is 11.7 Å². The molecule has 0 fully saturated rings. The topological polar surface area (TPSA) is 67.4 Å². The summed E-state index contributed by atoms with van der Waals surface area (Å²) in [6.45, 7) is 6.44. The summed E-state index contributed by atoms with van der Waals surface area (Å²) in [5, 5.41) is 5.65. The summed E-state index contributed by atoms with van der Waals surface area (Å²) in [4.78, 5) is 25.3. The lowest BCUT2D eigenvalue weighted by molar-refractivity contribution is -0.123. The summed E-state index contributed by atoms with van der Waals surface area (Å²) in [5.41, 5.74) is 1.33. The number of para-hydroxylation sites is 1. The highest BCUT2D eigenvalue weighted by Gasteiger charge is 2.25. The number of rotatable bonds is 9. The number of carbonyl (C=O) groups excluding carboxylic acids is 2. The van der Waals surface area contributed by atoms with E-state index in [1.54, 1.807) is 36.4 Å². The second kappa shape index (κ2) is 10.4. The molecule has 2 aromatic rings. The average Bonchev–Trinajstić information content (AvgIpc) is 2.67. The molecule has 0 spiro atoms. The number of hydrogen-bond donors (Lipinski definition) is 2. The summed E-state index contributed by atoms with van der Waals surface area (Å²) in [7, 11) is 0. The van der Waals surface area contributed by atoms with Crippen LogP contribution in [0.5, 0.6) is 5.75 Å². The molecule has 0 saturated heterocycles. The van der Waals surface area contributed by atoms with E-state index in [2.05, 4.69) is 10.6 Å². The average molecular weight is 386 g/mol. The predicted molar refractivity (Wildman–Crippen MR) is 107 cm³/mol. The van der Waals surface area contributed by atoms with Gasteiger partial charge in [0.25, 0.3) is 5.91 Å². The zero-order valence-electron chi connectivity index (χ0n) is 16.5. The number of amides is 2. The van der Waals surface area contributed by atoms with E-state index in [4.69, 9.17) is 4.74 Å².